The lowest BCUT2D eigenvalue weighted by Gasteiger charge is -2.28. The van der Waals surface area contributed by atoms with Crippen LogP contribution in [-0.2, 0) is 27.9 Å². The molecule has 0 saturated heterocycles. The molecule has 8 nitrogen and oxygen atoms in total. The summed E-state index contributed by atoms with van der Waals surface area (Å²) in [5, 5.41) is 0. The van der Waals surface area contributed by atoms with Crippen molar-refractivity contribution in [3.8, 4) is 0 Å². The number of carbonyl (C=O) groups is 1. The molecule has 0 aliphatic rings. The van der Waals surface area contributed by atoms with E-state index in [2.05, 4.69) is 38.2 Å². The van der Waals surface area contributed by atoms with Gasteiger partial charge < -0.3 is 27.9 Å². The summed E-state index contributed by atoms with van der Waals surface area (Å²) in [5.41, 5.74) is 0. The van der Waals surface area contributed by atoms with E-state index in [1.807, 2.05) is 21.1 Å². The third-order valence-electron chi connectivity index (χ3n) is 9.48. The Morgan fingerprint density at radius 1 is 0.566 bits per heavy atom. The number of allylic oxidation sites excluding steroid dienone is 4. The van der Waals surface area contributed by atoms with Gasteiger partial charge in [0.15, 0.2) is 0 Å². The van der Waals surface area contributed by atoms with Gasteiger partial charge >= 0.3 is 5.97 Å². The first-order valence-corrected chi connectivity index (χ1v) is 23.5. The summed E-state index contributed by atoms with van der Waals surface area (Å²) < 4.78 is 34.6. The van der Waals surface area contributed by atoms with E-state index in [-0.39, 0.29) is 25.8 Å². The van der Waals surface area contributed by atoms with Gasteiger partial charge in [-0.2, -0.15) is 0 Å². The molecule has 0 fully saturated rings. The average Bonchev–Trinajstić information content (AvgIpc) is 3.11. The summed E-state index contributed by atoms with van der Waals surface area (Å²) in [5.74, 6) is -0.340. The van der Waals surface area contributed by atoms with Crippen molar-refractivity contribution in [2.24, 2.45) is 0 Å². The van der Waals surface area contributed by atoms with E-state index >= 15 is 0 Å². The molecule has 0 rings (SSSR count). The van der Waals surface area contributed by atoms with Crippen molar-refractivity contribution in [3.63, 3.8) is 0 Å². The number of nitrogens with zero attached hydrogens (tertiary/aromatic N) is 1. The molecule has 0 amide bonds. The molecule has 0 radical (unpaired) electrons. The van der Waals surface area contributed by atoms with E-state index in [0.29, 0.717) is 24.1 Å². The lowest BCUT2D eigenvalue weighted by molar-refractivity contribution is -0.870. The van der Waals surface area contributed by atoms with Gasteiger partial charge in [-0.3, -0.25) is 9.36 Å². The fourth-order valence-corrected chi connectivity index (χ4v) is 6.73. The van der Waals surface area contributed by atoms with Crippen LogP contribution in [0.1, 0.15) is 194 Å². The highest BCUT2D eigenvalue weighted by atomic mass is 31.2. The number of phosphoric acid groups is 1. The Kier molecular flexibility index (Phi) is 37.2. The molecule has 0 N–H and O–H groups in total. The Bertz CT molecular complexity index is 905. The molecule has 0 aromatic rings. The number of quaternary nitrogens is 1. The van der Waals surface area contributed by atoms with Crippen molar-refractivity contribution in [2.45, 2.75) is 200 Å². The molecule has 0 aromatic carbocycles. The molecule has 2 atom stereocenters. The lowest BCUT2D eigenvalue weighted by atomic mass is 10.1. The van der Waals surface area contributed by atoms with Gasteiger partial charge in [0, 0.05) is 13.0 Å². The monoisotopic (exact) mass is 772 g/mol. The number of hydrogen-bond acceptors (Lipinski definition) is 7. The molecule has 0 heterocycles. The highest BCUT2D eigenvalue weighted by Gasteiger charge is 2.20. The molecule has 0 saturated carbocycles. The van der Waals surface area contributed by atoms with Crippen molar-refractivity contribution in [3.05, 3.63) is 24.3 Å². The number of unbranched alkanes of at least 4 members (excludes halogenated alkanes) is 23. The second-order valence-electron chi connectivity index (χ2n) is 16.0. The van der Waals surface area contributed by atoms with Gasteiger partial charge in [0.1, 0.15) is 19.3 Å². The highest BCUT2D eigenvalue weighted by Crippen LogP contribution is 2.38. The fourth-order valence-electron chi connectivity index (χ4n) is 6.01. The van der Waals surface area contributed by atoms with E-state index in [1.54, 1.807) is 0 Å². The molecule has 0 spiro atoms. The van der Waals surface area contributed by atoms with Crippen molar-refractivity contribution in [1.82, 2.24) is 0 Å². The zero-order valence-corrected chi connectivity index (χ0v) is 36.4. The second-order valence-corrected chi connectivity index (χ2v) is 17.5. The van der Waals surface area contributed by atoms with Crippen LogP contribution in [0, 0.1) is 0 Å². The minimum absolute atomic E-state index is 0.0252. The zero-order valence-electron chi connectivity index (χ0n) is 35.5. The summed E-state index contributed by atoms with van der Waals surface area (Å²) >= 11 is 0. The largest absolute Gasteiger partial charge is 0.756 e. The summed E-state index contributed by atoms with van der Waals surface area (Å²) in [6, 6.07) is 0. The molecule has 0 bridgehead atoms. The van der Waals surface area contributed by atoms with Crippen LogP contribution in [0.2, 0.25) is 0 Å². The fraction of sp³-hybridized carbons (Fsp3) is 0.886. The van der Waals surface area contributed by atoms with E-state index in [4.69, 9.17) is 18.5 Å². The SMILES string of the molecule is CCCCCC/C=C\CCCCCCCCCC(=O)O[C@H](COCCCCCCCC/C=C\CCCCCCCC)COP(=O)([O-])OCC[N+](C)(C)C. The van der Waals surface area contributed by atoms with E-state index in [0.717, 1.165) is 32.1 Å². The van der Waals surface area contributed by atoms with Crippen LogP contribution in [0.4, 0.5) is 0 Å². The molecule has 1 unspecified atom stereocenters. The predicted octanol–water partition coefficient (Wildman–Crippen LogP) is 12.2. The summed E-state index contributed by atoms with van der Waals surface area (Å²) in [4.78, 5) is 25.0. The molecule has 0 aliphatic carbocycles. The molecular formula is C44H86NO7P. The number of esters is 1. The Labute approximate surface area is 328 Å². The first-order chi connectivity index (χ1) is 25.6. The maximum absolute atomic E-state index is 12.7. The third kappa shape index (κ3) is 42.0. The van der Waals surface area contributed by atoms with Crippen molar-refractivity contribution in [2.75, 3.05) is 54.1 Å². The molecule has 0 aliphatic heterocycles. The summed E-state index contributed by atoms with van der Waals surface area (Å²) in [6.45, 7) is 5.39. The number of phosphoric ester groups is 1. The van der Waals surface area contributed by atoms with Crippen molar-refractivity contribution < 1.29 is 37.3 Å². The zero-order chi connectivity index (χ0) is 39.1. The number of ether oxygens (including phenoxy) is 2. The minimum Gasteiger partial charge on any atom is -0.756 e. The molecule has 0 aromatic heterocycles. The minimum atomic E-state index is -4.52. The quantitative estimate of drug-likeness (QED) is 0.0201. The number of rotatable bonds is 41. The van der Waals surface area contributed by atoms with Crippen LogP contribution in [0.3, 0.4) is 0 Å². The van der Waals surface area contributed by atoms with Gasteiger partial charge in [-0.1, -0.05) is 147 Å². The first-order valence-electron chi connectivity index (χ1n) is 22.1. The van der Waals surface area contributed by atoms with Crippen LogP contribution in [0.15, 0.2) is 24.3 Å². The van der Waals surface area contributed by atoms with Gasteiger partial charge in [0.2, 0.25) is 0 Å². The maximum atomic E-state index is 12.7. The summed E-state index contributed by atoms with van der Waals surface area (Å²) in [7, 11) is 1.35. The van der Waals surface area contributed by atoms with Crippen LogP contribution < -0.4 is 4.89 Å². The topological polar surface area (TPSA) is 94.1 Å². The second kappa shape index (κ2) is 37.9. The van der Waals surface area contributed by atoms with Crippen LogP contribution in [-0.4, -0.2) is 70.7 Å². The molecule has 314 valence electrons. The smallest absolute Gasteiger partial charge is 0.306 e. The standard InChI is InChI=1S/C44H86NO7P/c1-6-8-10-12-14-16-18-20-22-24-26-28-30-32-34-36-39-49-41-43(42-51-53(47,48)50-40-38-45(3,4)5)52-44(46)37-35-33-31-29-27-25-23-21-19-17-15-13-11-9-7-2/h17,19-20,22,43H,6-16,18,21,23-42H2,1-5H3/b19-17-,22-20-/t43-/m1/s1. The third-order valence-corrected chi connectivity index (χ3v) is 10.4. The normalized spacial score (nSPS) is 14.0. The predicted molar refractivity (Wildman–Crippen MR) is 222 cm³/mol. The Hall–Kier alpha value is -1.02. The average molecular weight is 772 g/mol. The number of hydrogen-bond donors (Lipinski definition) is 0. The Balaban J connectivity index is 4.24. The van der Waals surface area contributed by atoms with E-state index < -0.39 is 13.9 Å². The summed E-state index contributed by atoms with van der Waals surface area (Å²) in [6.07, 6.45) is 41.8. The molecule has 53 heavy (non-hydrogen) atoms. The first kappa shape index (κ1) is 52.0. The number of carbonyl (C=O) groups excluding carboxylic acids is 1. The number of likely N-dealkylation sites (N-methyl/N-ethyl adjacent to an activating group) is 1. The van der Waals surface area contributed by atoms with Gasteiger partial charge in [0.05, 0.1) is 34.4 Å². The van der Waals surface area contributed by atoms with Gasteiger partial charge in [-0.05, 0) is 64.2 Å². The van der Waals surface area contributed by atoms with E-state index in [9.17, 15) is 14.3 Å². The Morgan fingerprint density at radius 3 is 1.45 bits per heavy atom. The van der Waals surface area contributed by atoms with Crippen molar-refractivity contribution >= 4 is 13.8 Å². The molecule has 9 heteroatoms. The van der Waals surface area contributed by atoms with Crippen LogP contribution in [0.5, 0.6) is 0 Å². The van der Waals surface area contributed by atoms with Crippen molar-refractivity contribution in [1.29, 1.82) is 0 Å². The maximum Gasteiger partial charge on any atom is 0.306 e. The molecular weight excluding hydrogens is 685 g/mol. The van der Waals surface area contributed by atoms with Crippen LogP contribution in [0.25, 0.3) is 0 Å². The van der Waals surface area contributed by atoms with Gasteiger partial charge in [0.25, 0.3) is 7.82 Å². The highest BCUT2D eigenvalue weighted by molar-refractivity contribution is 7.45. The Morgan fingerprint density at radius 2 is 0.981 bits per heavy atom. The van der Waals surface area contributed by atoms with Crippen LogP contribution >= 0.6 is 7.82 Å². The van der Waals surface area contributed by atoms with Gasteiger partial charge in [-0.25, -0.2) is 0 Å². The van der Waals surface area contributed by atoms with E-state index in [1.165, 1.54) is 141 Å². The van der Waals surface area contributed by atoms with Gasteiger partial charge in [-0.15, -0.1) is 0 Å². The lowest BCUT2D eigenvalue weighted by Crippen LogP contribution is -2.37.